The summed E-state index contributed by atoms with van der Waals surface area (Å²) in [6, 6.07) is 0. The van der Waals surface area contributed by atoms with Gasteiger partial charge in [-0.2, -0.15) is 0 Å². The zero-order valence-electron chi connectivity index (χ0n) is 2.55. The summed E-state index contributed by atoms with van der Waals surface area (Å²) in [7, 11) is 0. The van der Waals surface area contributed by atoms with Crippen molar-refractivity contribution in [2.24, 2.45) is 0 Å². The smallest absolute Gasteiger partial charge is 0.412 e. The summed E-state index contributed by atoms with van der Waals surface area (Å²) in [6.07, 6.45) is 0. The van der Waals surface area contributed by atoms with E-state index in [1.54, 1.807) is 0 Å². The Hall–Kier alpha value is 0.744. The molecule has 6 heavy (non-hydrogen) atoms. The Kier molecular flexibility index (Phi) is 24.4. The van der Waals surface area contributed by atoms with Crippen LogP contribution in [0.1, 0.15) is 0 Å². The molecule has 0 saturated carbocycles. The van der Waals surface area contributed by atoms with Crippen molar-refractivity contribution in [2.45, 2.75) is 0 Å². The van der Waals surface area contributed by atoms with Gasteiger partial charge in [-0.25, -0.2) is 0 Å². The van der Waals surface area contributed by atoms with Crippen LogP contribution in [0.25, 0.3) is 0 Å². The molecule has 0 atom stereocenters. The fourth-order valence-electron chi connectivity index (χ4n) is 0. The molecule has 0 aromatic carbocycles. The zero-order valence-corrected chi connectivity index (χ0v) is 4.98. The molecule has 0 aliphatic carbocycles. The van der Waals surface area contributed by atoms with Crippen LogP contribution in [0.2, 0.25) is 0 Å². The molecule has 0 spiro atoms. The van der Waals surface area contributed by atoms with Crippen molar-refractivity contribution in [3.63, 3.8) is 0 Å². The van der Waals surface area contributed by atoms with Gasteiger partial charge in [-0.1, -0.05) is 0 Å². The van der Waals surface area contributed by atoms with Crippen LogP contribution in [-0.2, 0) is 0 Å². The SMILES string of the molecule is O.O=[N+]([O-])[O-].[Eu+2]. The van der Waals surface area contributed by atoms with Gasteiger partial charge in [-0.3, -0.25) is 0 Å². The van der Waals surface area contributed by atoms with Crippen molar-refractivity contribution in [3.8, 4) is 0 Å². The maximum absolute atomic E-state index is 8.25. The molecular weight excluding hydrogens is 230 g/mol. The van der Waals surface area contributed by atoms with Gasteiger partial charge < -0.3 is 20.8 Å². The van der Waals surface area contributed by atoms with Crippen LogP contribution in [0, 0.1) is 64.7 Å². The third kappa shape index (κ3) is 120. The van der Waals surface area contributed by atoms with E-state index in [0.29, 0.717) is 0 Å². The average Bonchev–Trinajstić information content (AvgIpc) is 0.811. The van der Waals surface area contributed by atoms with Crippen molar-refractivity contribution in [2.75, 3.05) is 0 Å². The van der Waals surface area contributed by atoms with Crippen molar-refractivity contribution in [3.05, 3.63) is 15.3 Å². The van der Waals surface area contributed by atoms with E-state index in [9.17, 15) is 0 Å². The van der Waals surface area contributed by atoms with E-state index in [1.807, 2.05) is 0 Å². The summed E-state index contributed by atoms with van der Waals surface area (Å²) >= 11 is 0. The standard InChI is InChI=1S/Eu.NO3.H2O/c;2-1(3)4;/h;;1H2/q+2;-1;. The van der Waals surface area contributed by atoms with Gasteiger partial charge in [0.25, 0.3) is 0 Å². The monoisotopic (exact) mass is 233 g/mol. The van der Waals surface area contributed by atoms with E-state index >= 15 is 0 Å². The molecule has 0 amide bonds. The Balaban J connectivity index is -0.0000000450. The molecule has 0 heterocycles. The Morgan fingerprint density at radius 3 is 1.33 bits per heavy atom. The van der Waals surface area contributed by atoms with Gasteiger partial charge in [0.15, 0.2) is 0 Å². The van der Waals surface area contributed by atoms with Gasteiger partial charge >= 0.3 is 49.4 Å². The zero-order chi connectivity index (χ0) is 3.58. The summed E-state index contributed by atoms with van der Waals surface area (Å²) < 4.78 is 0. The van der Waals surface area contributed by atoms with Crippen LogP contribution < -0.4 is 0 Å². The summed E-state index contributed by atoms with van der Waals surface area (Å²) in [5.74, 6) is 0. The average molecular weight is 232 g/mol. The molecule has 0 rings (SSSR count). The molecule has 5 nitrogen and oxygen atoms in total. The second-order valence-electron chi connectivity index (χ2n) is 0.224. The van der Waals surface area contributed by atoms with Crippen molar-refractivity contribution < 1.29 is 59.9 Å². The minimum Gasteiger partial charge on any atom is -0.412 e. The molecule has 0 unspecified atom stereocenters. The summed E-state index contributed by atoms with van der Waals surface area (Å²) in [5, 5.41) is 14.8. The molecule has 0 fully saturated rings. The Morgan fingerprint density at radius 1 is 1.33 bits per heavy atom. The number of hydrogen-bond donors (Lipinski definition) is 0. The van der Waals surface area contributed by atoms with Gasteiger partial charge in [0.1, 0.15) is 0 Å². The molecule has 0 aromatic heterocycles. The number of hydrogen-bond acceptors (Lipinski definition) is 3. The summed E-state index contributed by atoms with van der Waals surface area (Å²) in [6.45, 7) is 0. The van der Waals surface area contributed by atoms with E-state index in [-0.39, 0.29) is 54.9 Å². The van der Waals surface area contributed by atoms with E-state index in [4.69, 9.17) is 15.3 Å². The third-order valence-electron chi connectivity index (χ3n) is 0. The van der Waals surface area contributed by atoms with Crippen molar-refractivity contribution in [1.82, 2.24) is 0 Å². The van der Waals surface area contributed by atoms with Gasteiger partial charge in [-0.05, 0) is 0 Å². The molecule has 1 radical (unpaired) electrons. The second kappa shape index (κ2) is 9.22. The Bertz CT molecular complexity index is 30.5. The first kappa shape index (κ1) is 15.9. The molecule has 6 heteroatoms. The molecule has 0 bridgehead atoms. The van der Waals surface area contributed by atoms with E-state index in [2.05, 4.69) is 0 Å². The topological polar surface area (TPSA) is 97.7 Å². The molecule has 0 saturated heterocycles. The van der Waals surface area contributed by atoms with Crippen LogP contribution in [0.4, 0.5) is 0 Å². The normalized spacial score (nSPS) is 4.00. The van der Waals surface area contributed by atoms with Gasteiger partial charge in [0.2, 0.25) is 0 Å². The summed E-state index contributed by atoms with van der Waals surface area (Å²) in [5.41, 5.74) is 0. The fraction of sp³-hybridized carbons (Fsp3) is 0. The van der Waals surface area contributed by atoms with Crippen LogP contribution in [-0.4, -0.2) is 10.6 Å². The van der Waals surface area contributed by atoms with Crippen LogP contribution in [0.5, 0.6) is 0 Å². The Labute approximate surface area is 74.3 Å². The molecular formula is H2EuNO4+. The quantitative estimate of drug-likeness (QED) is 0.393. The first-order valence-electron chi connectivity index (χ1n) is 0.548. The van der Waals surface area contributed by atoms with Crippen molar-refractivity contribution >= 4 is 0 Å². The predicted octanol–water partition coefficient (Wildman–Crippen LogP) is -1.06. The Morgan fingerprint density at radius 2 is 1.33 bits per heavy atom. The number of rotatable bonds is 0. The predicted molar refractivity (Wildman–Crippen MR) is 14.0 cm³/mol. The molecule has 0 aliphatic rings. The van der Waals surface area contributed by atoms with Crippen molar-refractivity contribution in [1.29, 1.82) is 0 Å². The molecule has 0 aliphatic heterocycles. The largest absolute Gasteiger partial charge is 2.00 e. The maximum Gasteiger partial charge on any atom is 2.00 e. The van der Waals surface area contributed by atoms with Gasteiger partial charge in [0, 0.05) is 0 Å². The fourth-order valence-corrected chi connectivity index (χ4v) is 0. The van der Waals surface area contributed by atoms with Crippen LogP contribution in [0.3, 0.4) is 0 Å². The summed E-state index contributed by atoms with van der Waals surface area (Å²) in [4.78, 5) is 8.25. The molecule has 0 aromatic rings. The van der Waals surface area contributed by atoms with E-state index in [0.717, 1.165) is 0 Å². The van der Waals surface area contributed by atoms with E-state index in [1.165, 1.54) is 0 Å². The number of nitrogens with zero attached hydrogens (tertiary/aromatic N) is 1. The van der Waals surface area contributed by atoms with Gasteiger partial charge in [-0.15, -0.1) is 0 Å². The van der Waals surface area contributed by atoms with Crippen LogP contribution >= 0.6 is 0 Å². The first-order valence-corrected chi connectivity index (χ1v) is 0.548. The minimum absolute atomic E-state index is 0. The second-order valence-corrected chi connectivity index (χ2v) is 0.224. The minimum atomic E-state index is -1.75. The van der Waals surface area contributed by atoms with E-state index < -0.39 is 5.09 Å². The molecule has 37 valence electrons. The first-order chi connectivity index (χ1) is 1.73. The van der Waals surface area contributed by atoms with Gasteiger partial charge in [0.05, 0.1) is 5.09 Å². The third-order valence-corrected chi connectivity index (χ3v) is 0. The maximum atomic E-state index is 8.25. The molecule has 2 N–H and O–H groups in total. The van der Waals surface area contributed by atoms with Crippen LogP contribution in [0.15, 0.2) is 0 Å².